The molecule has 0 fully saturated rings. The summed E-state index contributed by atoms with van der Waals surface area (Å²) in [5.74, 6) is -1.16. The molecule has 1 amide bonds. The number of aliphatic hydroxyl groups is 1. The van der Waals surface area contributed by atoms with Crippen LogP contribution in [0.5, 0.6) is 0 Å². The van der Waals surface area contributed by atoms with Crippen molar-refractivity contribution in [3.8, 4) is 0 Å². The third-order valence-corrected chi connectivity index (χ3v) is 2.00. The van der Waals surface area contributed by atoms with Gasteiger partial charge in [0.15, 0.2) is 0 Å². The zero-order valence-corrected chi connectivity index (χ0v) is 11.4. The third kappa shape index (κ3) is 8.76. The zero-order chi connectivity index (χ0) is 14.8. The summed E-state index contributed by atoms with van der Waals surface area (Å²) in [6, 6.07) is 5.97. The van der Waals surface area contributed by atoms with Gasteiger partial charge >= 0.3 is 5.97 Å². The van der Waals surface area contributed by atoms with E-state index in [4.69, 9.17) is 10.2 Å². The van der Waals surface area contributed by atoms with Crippen LogP contribution in [0.15, 0.2) is 24.3 Å². The number of anilines is 1. The molecular formula is C13H20N2O4. The molecule has 0 saturated carbocycles. The summed E-state index contributed by atoms with van der Waals surface area (Å²) in [4.78, 5) is 23.0. The van der Waals surface area contributed by atoms with Crippen LogP contribution in [0, 0.1) is 0 Å². The maximum Gasteiger partial charge on any atom is 0.335 e. The topological polar surface area (TPSA) is 89.9 Å². The second-order valence-corrected chi connectivity index (χ2v) is 4.09. The first kappa shape index (κ1) is 17.1. The van der Waals surface area contributed by atoms with Gasteiger partial charge in [0.2, 0.25) is 5.91 Å². The van der Waals surface area contributed by atoms with Crippen molar-refractivity contribution in [3.05, 3.63) is 29.8 Å². The Morgan fingerprint density at radius 3 is 2.00 bits per heavy atom. The summed E-state index contributed by atoms with van der Waals surface area (Å²) in [6.07, 6.45) is 0. The van der Waals surface area contributed by atoms with E-state index < -0.39 is 5.97 Å². The van der Waals surface area contributed by atoms with E-state index in [1.54, 1.807) is 12.1 Å². The Hall–Kier alpha value is -1.92. The highest BCUT2D eigenvalue weighted by molar-refractivity contribution is 5.91. The first-order valence-electron chi connectivity index (χ1n) is 5.73. The molecule has 0 bridgehead atoms. The van der Waals surface area contributed by atoms with Gasteiger partial charge in [-0.2, -0.15) is 0 Å². The van der Waals surface area contributed by atoms with Gasteiger partial charge in [-0.15, -0.1) is 0 Å². The minimum atomic E-state index is -0.977. The molecule has 0 unspecified atom stereocenters. The number of carboxylic acids is 1. The largest absolute Gasteiger partial charge is 0.478 e. The lowest BCUT2D eigenvalue weighted by atomic mass is 10.2. The van der Waals surface area contributed by atoms with Crippen molar-refractivity contribution in [2.45, 2.75) is 6.92 Å². The highest BCUT2D eigenvalue weighted by Gasteiger charge is 2.01. The Kier molecular flexibility index (Phi) is 8.15. The zero-order valence-electron chi connectivity index (χ0n) is 11.4. The summed E-state index contributed by atoms with van der Waals surface area (Å²) < 4.78 is 0. The van der Waals surface area contributed by atoms with Gasteiger partial charge in [-0.1, -0.05) is 0 Å². The molecule has 6 heteroatoms. The van der Waals surface area contributed by atoms with Crippen molar-refractivity contribution in [2.75, 3.05) is 32.6 Å². The number of benzene rings is 1. The molecular weight excluding hydrogens is 248 g/mol. The van der Waals surface area contributed by atoms with E-state index in [0.29, 0.717) is 5.69 Å². The number of carbonyl (C=O) groups excluding carboxylic acids is 1. The number of aromatic carboxylic acids is 1. The highest BCUT2D eigenvalue weighted by Crippen LogP contribution is 2.08. The number of carbonyl (C=O) groups is 2. The summed E-state index contributed by atoms with van der Waals surface area (Å²) >= 11 is 0. The van der Waals surface area contributed by atoms with Gasteiger partial charge in [0.25, 0.3) is 0 Å². The number of hydrogen-bond donors (Lipinski definition) is 3. The number of hydrogen-bond acceptors (Lipinski definition) is 4. The molecule has 0 atom stereocenters. The van der Waals surface area contributed by atoms with Crippen LogP contribution in [-0.2, 0) is 4.79 Å². The van der Waals surface area contributed by atoms with E-state index >= 15 is 0 Å². The van der Waals surface area contributed by atoms with E-state index in [1.807, 2.05) is 19.0 Å². The van der Waals surface area contributed by atoms with Crippen LogP contribution >= 0.6 is 0 Å². The molecule has 6 nitrogen and oxygen atoms in total. The van der Waals surface area contributed by atoms with Crippen LogP contribution < -0.4 is 5.32 Å². The number of nitrogens with zero attached hydrogens (tertiary/aromatic N) is 1. The maximum absolute atomic E-state index is 10.6. The number of rotatable bonds is 4. The predicted molar refractivity (Wildman–Crippen MR) is 73.3 cm³/mol. The van der Waals surface area contributed by atoms with E-state index in [0.717, 1.165) is 6.54 Å². The van der Waals surface area contributed by atoms with Gasteiger partial charge in [0.05, 0.1) is 12.2 Å². The standard InChI is InChI=1S/C9H9NO3.C4H11NO/c1-6(11)10-8-4-2-7(3-5-8)9(12)13;1-5(2)3-4-6/h2-5H,1H3,(H,10,11)(H,12,13);6H,3-4H2,1-2H3. The minimum Gasteiger partial charge on any atom is -0.478 e. The normalized spacial score (nSPS) is 9.53. The van der Waals surface area contributed by atoms with E-state index in [9.17, 15) is 9.59 Å². The lowest BCUT2D eigenvalue weighted by molar-refractivity contribution is -0.114. The van der Waals surface area contributed by atoms with Crippen molar-refractivity contribution in [1.29, 1.82) is 0 Å². The van der Waals surface area contributed by atoms with Gasteiger partial charge in [-0.3, -0.25) is 4.79 Å². The molecule has 19 heavy (non-hydrogen) atoms. The SMILES string of the molecule is CC(=O)Nc1ccc(C(=O)O)cc1.CN(C)CCO. The third-order valence-electron chi connectivity index (χ3n) is 2.00. The van der Waals surface area contributed by atoms with E-state index in [-0.39, 0.29) is 18.1 Å². The fourth-order valence-electron chi connectivity index (χ4n) is 1.10. The van der Waals surface area contributed by atoms with Crippen molar-refractivity contribution in [3.63, 3.8) is 0 Å². The van der Waals surface area contributed by atoms with Crippen LogP contribution in [0.2, 0.25) is 0 Å². The molecule has 1 rings (SSSR count). The molecule has 0 aliphatic carbocycles. The van der Waals surface area contributed by atoms with Crippen molar-refractivity contribution in [1.82, 2.24) is 4.90 Å². The second kappa shape index (κ2) is 9.07. The molecule has 106 valence electrons. The first-order valence-corrected chi connectivity index (χ1v) is 5.73. The summed E-state index contributed by atoms with van der Waals surface area (Å²) in [5.41, 5.74) is 0.798. The molecule has 0 saturated heterocycles. The van der Waals surface area contributed by atoms with Crippen molar-refractivity contribution < 1.29 is 19.8 Å². The quantitative estimate of drug-likeness (QED) is 0.754. The predicted octanol–water partition coefficient (Wildman–Crippen LogP) is 0.883. The number of nitrogens with one attached hydrogen (secondary N) is 1. The van der Waals surface area contributed by atoms with Crippen LogP contribution in [0.25, 0.3) is 0 Å². The van der Waals surface area contributed by atoms with Crippen LogP contribution in [0.1, 0.15) is 17.3 Å². The van der Waals surface area contributed by atoms with Gasteiger partial charge in [-0.05, 0) is 38.4 Å². The number of aliphatic hydroxyl groups excluding tert-OH is 1. The number of carboxylic acid groups (broad SMARTS) is 1. The smallest absolute Gasteiger partial charge is 0.335 e. The second-order valence-electron chi connectivity index (χ2n) is 4.09. The molecule has 0 aromatic heterocycles. The van der Waals surface area contributed by atoms with E-state index in [1.165, 1.54) is 19.1 Å². The summed E-state index contributed by atoms with van der Waals surface area (Å²) in [5, 5.41) is 19.3. The highest BCUT2D eigenvalue weighted by atomic mass is 16.4. The Morgan fingerprint density at radius 1 is 1.21 bits per heavy atom. The monoisotopic (exact) mass is 268 g/mol. The Labute approximate surface area is 112 Å². The lowest BCUT2D eigenvalue weighted by Gasteiger charge is -2.03. The van der Waals surface area contributed by atoms with E-state index in [2.05, 4.69) is 5.32 Å². The molecule has 0 heterocycles. The minimum absolute atomic E-state index is 0.178. The van der Waals surface area contributed by atoms with Crippen LogP contribution in [-0.4, -0.2) is 54.2 Å². The molecule has 0 spiro atoms. The van der Waals surface area contributed by atoms with Gasteiger partial charge in [0, 0.05) is 19.2 Å². The van der Waals surface area contributed by atoms with Gasteiger partial charge in [-0.25, -0.2) is 4.79 Å². The number of likely N-dealkylation sites (N-methyl/N-ethyl adjacent to an activating group) is 1. The van der Waals surface area contributed by atoms with Gasteiger partial charge in [0.1, 0.15) is 0 Å². The summed E-state index contributed by atoms with van der Waals surface area (Å²) in [6.45, 7) is 2.41. The fraction of sp³-hybridized carbons (Fsp3) is 0.385. The molecule has 0 radical (unpaired) electrons. The molecule has 3 N–H and O–H groups in total. The van der Waals surface area contributed by atoms with Crippen molar-refractivity contribution >= 4 is 17.6 Å². The Bertz CT molecular complexity index is 402. The number of amides is 1. The average Bonchev–Trinajstić information content (AvgIpc) is 2.29. The van der Waals surface area contributed by atoms with Crippen LogP contribution in [0.3, 0.4) is 0 Å². The molecule has 0 aliphatic heterocycles. The first-order chi connectivity index (χ1) is 8.86. The van der Waals surface area contributed by atoms with Crippen LogP contribution in [0.4, 0.5) is 5.69 Å². The lowest BCUT2D eigenvalue weighted by Crippen LogP contribution is -2.15. The van der Waals surface area contributed by atoms with Crippen molar-refractivity contribution in [2.24, 2.45) is 0 Å². The van der Waals surface area contributed by atoms with Gasteiger partial charge < -0.3 is 20.4 Å². The Morgan fingerprint density at radius 2 is 1.74 bits per heavy atom. The molecule has 0 aliphatic rings. The average molecular weight is 268 g/mol. The molecule has 1 aromatic rings. The maximum atomic E-state index is 10.6. The molecule has 1 aromatic carbocycles. The summed E-state index contributed by atoms with van der Waals surface area (Å²) in [7, 11) is 3.85. The fourth-order valence-corrected chi connectivity index (χ4v) is 1.10. The Balaban J connectivity index is 0.000000459.